The fourth-order valence-corrected chi connectivity index (χ4v) is 1.88. The number of hydrogen-bond donors (Lipinski definition) is 0. The van der Waals surface area contributed by atoms with Gasteiger partial charge in [-0.15, -0.1) is 0 Å². The Kier molecular flexibility index (Phi) is 4.82. The molecule has 0 heterocycles. The van der Waals surface area contributed by atoms with Crippen molar-refractivity contribution in [1.82, 2.24) is 0 Å². The molecule has 0 bridgehead atoms. The van der Waals surface area contributed by atoms with Gasteiger partial charge >= 0.3 is 5.97 Å². The number of rotatable bonds is 4. The molecule has 0 radical (unpaired) electrons. The van der Waals surface area contributed by atoms with E-state index in [1.165, 1.54) is 0 Å². The summed E-state index contributed by atoms with van der Waals surface area (Å²) in [5.74, 6) is 0.323. The monoisotopic (exact) mass is 256 g/mol. The van der Waals surface area contributed by atoms with Crippen LogP contribution in [0.2, 0.25) is 5.02 Å². The quantitative estimate of drug-likeness (QED) is 0.776. The van der Waals surface area contributed by atoms with Gasteiger partial charge in [0.2, 0.25) is 0 Å². The Morgan fingerprint density at radius 3 is 2.29 bits per heavy atom. The first-order chi connectivity index (χ1) is 7.90. The Labute approximate surface area is 107 Å². The standard InChI is InChI=1S/C13H17ClO3/c1-8(2)17-12(15)7-16-13-9(3)5-11(14)6-10(13)4/h5-6,8H,7H2,1-4H3. The number of aryl methyl sites for hydroxylation is 2. The lowest BCUT2D eigenvalue weighted by Crippen LogP contribution is -2.19. The van der Waals surface area contributed by atoms with Gasteiger partial charge in [0.05, 0.1) is 6.10 Å². The van der Waals surface area contributed by atoms with Gasteiger partial charge in [-0.1, -0.05) is 11.6 Å². The van der Waals surface area contributed by atoms with Crippen molar-refractivity contribution in [3.05, 3.63) is 28.3 Å². The number of ether oxygens (including phenoxy) is 2. The van der Waals surface area contributed by atoms with Crippen LogP contribution in [-0.4, -0.2) is 18.7 Å². The number of carbonyl (C=O) groups excluding carboxylic acids is 1. The summed E-state index contributed by atoms with van der Waals surface area (Å²) in [6.07, 6.45) is -0.126. The van der Waals surface area contributed by atoms with Gasteiger partial charge in [0.25, 0.3) is 0 Å². The van der Waals surface area contributed by atoms with Crippen LogP contribution >= 0.6 is 11.6 Å². The van der Waals surface area contributed by atoms with Crippen LogP contribution in [0.25, 0.3) is 0 Å². The second kappa shape index (κ2) is 5.92. The zero-order valence-electron chi connectivity index (χ0n) is 10.5. The van der Waals surface area contributed by atoms with Crippen LogP contribution in [0.1, 0.15) is 25.0 Å². The van der Waals surface area contributed by atoms with Crippen molar-refractivity contribution < 1.29 is 14.3 Å². The summed E-state index contributed by atoms with van der Waals surface area (Å²) in [6.45, 7) is 7.30. The Bertz CT molecular complexity index is 390. The van der Waals surface area contributed by atoms with Crippen LogP contribution in [-0.2, 0) is 9.53 Å². The molecular weight excluding hydrogens is 240 g/mol. The molecule has 0 aromatic heterocycles. The molecule has 0 saturated carbocycles. The van der Waals surface area contributed by atoms with E-state index >= 15 is 0 Å². The third-order valence-corrected chi connectivity index (χ3v) is 2.34. The molecule has 3 nitrogen and oxygen atoms in total. The van der Waals surface area contributed by atoms with E-state index in [9.17, 15) is 4.79 Å². The molecule has 0 fully saturated rings. The summed E-state index contributed by atoms with van der Waals surface area (Å²) < 4.78 is 10.4. The van der Waals surface area contributed by atoms with Crippen LogP contribution in [0.15, 0.2) is 12.1 Å². The third kappa shape index (κ3) is 4.27. The van der Waals surface area contributed by atoms with E-state index < -0.39 is 0 Å². The zero-order chi connectivity index (χ0) is 13.0. The summed E-state index contributed by atoms with van der Waals surface area (Å²) in [4.78, 5) is 11.3. The summed E-state index contributed by atoms with van der Waals surface area (Å²) >= 11 is 5.91. The third-order valence-electron chi connectivity index (χ3n) is 2.13. The maximum Gasteiger partial charge on any atom is 0.344 e. The van der Waals surface area contributed by atoms with E-state index in [-0.39, 0.29) is 18.7 Å². The van der Waals surface area contributed by atoms with E-state index in [4.69, 9.17) is 21.1 Å². The minimum atomic E-state index is -0.367. The minimum absolute atomic E-state index is 0.0819. The maximum atomic E-state index is 11.3. The van der Waals surface area contributed by atoms with Gasteiger partial charge in [-0.25, -0.2) is 4.79 Å². The number of esters is 1. The molecule has 4 heteroatoms. The normalized spacial score (nSPS) is 10.5. The summed E-state index contributed by atoms with van der Waals surface area (Å²) in [6, 6.07) is 3.61. The van der Waals surface area contributed by atoms with Gasteiger partial charge in [-0.3, -0.25) is 0 Å². The highest BCUT2D eigenvalue weighted by molar-refractivity contribution is 6.30. The summed E-state index contributed by atoms with van der Waals surface area (Å²) in [5, 5.41) is 0.664. The summed E-state index contributed by atoms with van der Waals surface area (Å²) in [7, 11) is 0. The first kappa shape index (κ1) is 13.8. The molecule has 0 spiro atoms. The van der Waals surface area contributed by atoms with Crippen LogP contribution in [0.4, 0.5) is 0 Å². The van der Waals surface area contributed by atoms with E-state index in [1.807, 2.05) is 13.8 Å². The van der Waals surface area contributed by atoms with E-state index in [0.717, 1.165) is 11.1 Å². The van der Waals surface area contributed by atoms with Crippen LogP contribution < -0.4 is 4.74 Å². The molecule has 0 atom stereocenters. The van der Waals surface area contributed by atoms with Crippen molar-refractivity contribution in [3.8, 4) is 5.75 Å². The molecule has 1 aromatic carbocycles. The van der Waals surface area contributed by atoms with Crippen molar-refractivity contribution >= 4 is 17.6 Å². The summed E-state index contributed by atoms with van der Waals surface area (Å²) in [5.41, 5.74) is 1.82. The van der Waals surface area contributed by atoms with Gasteiger partial charge in [-0.05, 0) is 51.0 Å². The predicted molar refractivity (Wildman–Crippen MR) is 67.6 cm³/mol. The minimum Gasteiger partial charge on any atom is -0.481 e. The fraction of sp³-hybridized carbons (Fsp3) is 0.462. The Morgan fingerprint density at radius 2 is 1.82 bits per heavy atom. The molecule has 17 heavy (non-hydrogen) atoms. The first-order valence-corrected chi connectivity index (χ1v) is 5.87. The Hall–Kier alpha value is -1.22. The van der Waals surface area contributed by atoms with E-state index in [0.29, 0.717) is 10.8 Å². The van der Waals surface area contributed by atoms with Crippen molar-refractivity contribution in [2.24, 2.45) is 0 Å². The lowest BCUT2D eigenvalue weighted by Gasteiger charge is -2.13. The lowest BCUT2D eigenvalue weighted by molar-refractivity contribution is -0.149. The van der Waals surface area contributed by atoms with Gasteiger partial charge < -0.3 is 9.47 Å². The van der Waals surface area contributed by atoms with Gasteiger partial charge in [0.1, 0.15) is 5.75 Å². The highest BCUT2D eigenvalue weighted by Gasteiger charge is 2.10. The second-order valence-electron chi connectivity index (χ2n) is 4.20. The topological polar surface area (TPSA) is 35.5 Å². The van der Waals surface area contributed by atoms with Crippen molar-refractivity contribution in [2.45, 2.75) is 33.8 Å². The molecule has 0 amide bonds. The second-order valence-corrected chi connectivity index (χ2v) is 4.63. The molecule has 0 unspecified atom stereocenters. The molecule has 0 saturated heterocycles. The number of benzene rings is 1. The zero-order valence-corrected chi connectivity index (χ0v) is 11.3. The molecule has 0 aliphatic heterocycles. The SMILES string of the molecule is Cc1cc(Cl)cc(C)c1OCC(=O)OC(C)C. The molecule has 1 rings (SSSR count). The highest BCUT2D eigenvalue weighted by Crippen LogP contribution is 2.26. The van der Waals surface area contributed by atoms with Crippen molar-refractivity contribution in [1.29, 1.82) is 0 Å². The Balaban J connectivity index is 2.67. The van der Waals surface area contributed by atoms with E-state index in [1.54, 1.807) is 26.0 Å². The van der Waals surface area contributed by atoms with Gasteiger partial charge in [0, 0.05) is 5.02 Å². The average molecular weight is 257 g/mol. The molecular formula is C13H17ClO3. The lowest BCUT2D eigenvalue weighted by atomic mass is 10.1. The number of carbonyl (C=O) groups is 1. The van der Waals surface area contributed by atoms with Gasteiger partial charge in [0.15, 0.2) is 6.61 Å². The van der Waals surface area contributed by atoms with Crippen LogP contribution in [0.3, 0.4) is 0 Å². The average Bonchev–Trinajstić information content (AvgIpc) is 2.14. The van der Waals surface area contributed by atoms with Crippen LogP contribution in [0, 0.1) is 13.8 Å². The fourth-order valence-electron chi connectivity index (χ4n) is 1.55. The predicted octanol–water partition coefficient (Wildman–Crippen LogP) is 3.29. The van der Waals surface area contributed by atoms with Crippen LogP contribution in [0.5, 0.6) is 5.75 Å². The molecule has 1 aromatic rings. The molecule has 94 valence electrons. The number of halogens is 1. The Morgan fingerprint density at radius 1 is 1.29 bits per heavy atom. The van der Waals surface area contributed by atoms with Crippen molar-refractivity contribution in [2.75, 3.05) is 6.61 Å². The first-order valence-electron chi connectivity index (χ1n) is 5.49. The van der Waals surface area contributed by atoms with Crippen molar-refractivity contribution in [3.63, 3.8) is 0 Å². The maximum absolute atomic E-state index is 11.3. The highest BCUT2D eigenvalue weighted by atomic mass is 35.5. The smallest absolute Gasteiger partial charge is 0.344 e. The molecule has 0 aliphatic carbocycles. The molecule has 0 N–H and O–H groups in total. The number of hydrogen-bond acceptors (Lipinski definition) is 3. The van der Waals surface area contributed by atoms with E-state index in [2.05, 4.69) is 0 Å². The largest absolute Gasteiger partial charge is 0.481 e. The van der Waals surface area contributed by atoms with Gasteiger partial charge in [-0.2, -0.15) is 0 Å². The molecule has 0 aliphatic rings.